The van der Waals surface area contributed by atoms with Gasteiger partial charge >= 0.3 is 5.97 Å². The molecule has 1 heterocycles. The fraction of sp³-hybridized carbons (Fsp3) is 0. The zero-order valence-corrected chi connectivity index (χ0v) is 12.7. The molecule has 1 aromatic heterocycles. The van der Waals surface area contributed by atoms with Gasteiger partial charge in [0.25, 0.3) is 10.0 Å². The maximum atomic E-state index is 12.2. The smallest absolute Gasteiger partial charge is 0.335 e. The Morgan fingerprint density at radius 3 is 2.52 bits per heavy atom. The number of hydrogen-bond acceptors (Lipinski definition) is 6. The lowest BCUT2D eigenvalue weighted by atomic mass is 10.2. The number of hydrogen-bond donors (Lipinski definition) is 3. The molecule has 0 fully saturated rings. The normalized spacial score (nSPS) is 11.1. The number of sulfonamides is 1. The Labute approximate surface area is 128 Å². The van der Waals surface area contributed by atoms with Crippen LogP contribution in [0.2, 0.25) is 0 Å². The lowest BCUT2D eigenvalue weighted by molar-refractivity contribution is 0.0697. The first-order valence-electron chi connectivity index (χ1n) is 5.43. The van der Waals surface area contributed by atoms with Crippen LogP contribution in [0.25, 0.3) is 0 Å². The minimum atomic E-state index is -3.99. The number of carbonyl (C=O) groups is 1. The summed E-state index contributed by atoms with van der Waals surface area (Å²) in [5, 5.41) is 8.82. The third kappa shape index (κ3) is 3.47. The van der Waals surface area contributed by atoms with Crippen LogP contribution in [-0.2, 0) is 10.0 Å². The quantitative estimate of drug-likeness (QED) is 0.688. The van der Waals surface area contributed by atoms with Crippen molar-refractivity contribution in [2.45, 2.75) is 4.90 Å². The highest BCUT2D eigenvalue weighted by Gasteiger charge is 2.19. The fourth-order valence-corrected chi connectivity index (χ4v) is 2.80. The molecule has 0 amide bonds. The molecule has 0 spiro atoms. The van der Waals surface area contributed by atoms with E-state index in [0.29, 0.717) is 4.60 Å². The summed E-state index contributed by atoms with van der Waals surface area (Å²) in [6.45, 7) is 0. The van der Waals surface area contributed by atoms with E-state index < -0.39 is 16.0 Å². The van der Waals surface area contributed by atoms with E-state index in [1.54, 1.807) is 0 Å². The second-order valence-electron chi connectivity index (χ2n) is 3.89. The number of rotatable bonds is 4. The number of anilines is 2. The highest BCUT2D eigenvalue weighted by molar-refractivity contribution is 9.10. The number of nitrogens with one attached hydrogen (secondary N) is 1. The van der Waals surface area contributed by atoms with Gasteiger partial charge in [-0.2, -0.15) is 0 Å². The molecule has 0 atom stereocenters. The van der Waals surface area contributed by atoms with Crippen molar-refractivity contribution in [3.63, 3.8) is 0 Å². The summed E-state index contributed by atoms with van der Waals surface area (Å²) in [7, 11) is -3.99. The van der Waals surface area contributed by atoms with Gasteiger partial charge in [-0.3, -0.25) is 4.72 Å². The lowest BCUT2D eigenvalue weighted by Crippen LogP contribution is -2.16. The predicted octanol–water partition coefficient (Wildman–Crippen LogP) is 1.32. The van der Waals surface area contributed by atoms with E-state index in [1.165, 1.54) is 12.4 Å². The van der Waals surface area contributed by atoms with Crippen LogP contribution in [0, 0.1) is 0 Å². The molecule has 0 saturated heterocycles. The minimum absolute atomic E-state index is 0.0138. The van der Waals surface area contributed by atoms with Gasteiger partial charge < -0.3 is 10.8 Å². The first kappa shape index (κ1) is 15.2. The van der Waals surface area contributed by atoms with Crippen LogP contribution in [0.15, 0.2) is 40.1 Å². The zero-order chi connectivity index (χ0) is 15.6. The van der Waals surface area contributed by atoms with Gasteiger partial charge in [-0.1, -0.05) is 0 Å². The standard InChI is InChI=1S/C11H9BrN4O4S/c12-9-4-15-10(5-14-9)16-21(19,20)8-2-1-6(11(17)18)3-7(8)13/h1-5H,13H2,(H,15,16)(H,17,18). The van der Waals surface area contributed by atoms with Crippen LogP contribution in [0.1, 0.15) is 10.4 Å². The third-order valence-corrected chi connectivity index (χ3v) is 4.24. The SMILES string of the molecule is Nc1cc(C(=O)O)ccc1S(=O)(=O)Nc1cnc(Br)cn1. The van der Waals surface area contributed by atoms with Gasteiger partial charge in [0.1, 0.15) is 9.50 Å². The number of aromatic carboxylic acids is 1. The van der Waals surface area contributed by atoms with E-state index in [4.69, 9.17) is 10.8 Å². The minimum Gasteiger partial charge on any atom is -0.478 e. The second kappa shape index (κ2) is 5.66. The van der Waals surface area contributed by atoms with Crippen molar-refractivity contribution in [1.82, 2.24) is 9.97 Å². The first-order chi connectivity index (χ1) is 9.79. The molecule has 2 rings (SSSR count). The molecule has 8 nitrogen and oxygen atoms in total. The molecule has 0 aliphatic rings. The Hall–Kier alpha value is -2.20. The molecular weight excluding hydrogens is 364 g/mol. The van der Waals surface area contributed by atoms with Crippen molar-refractivity contribution in [2.75, 3.05) is 10.5 Å². The van der Waals surface area contributed by atoms with Crippen LogP contribution in [0.3, 0.4) is 0 Å². The average Bonchev–Trinajstić information content (AvgIpc) is 2.40. The summed E-state index contributed by atoms with van der Waals surface area (Å²) in [4.78, 5) is 18.2. The van der Waals surface area contributed by atoms with Crippen LogP contribution in [-0.4, -0.2) is 29.5 Å². The van der Waals surface area contributed by atoms with Crippen LogP contribution in [0.4, 0.5) is 11.5 Å². The van der Waals surface area contributed by atoms with Crippen molar-refractivity contribution in [1.29, 1.82) is 0 Å². The molecule has 110 valence electrons. The Balaban J connectivity index is 2.35. The summed E-state index contributed by atoms with van der Waals surface area (Å²) >= 11 is 3.08. The van der Waals surface area contributed by atoms with Crippen molar-refractivity contribution < 1.29 is 18.3 Å². The van der Waals surface area contributed by atoms with Gasteiger partial charge in [-0.15, -0.1) is 0 Å². The van der Waals surface area contributed by atoms with E-state index in [9.17, 15) is 13.2 Å². The molecule has 0 saturated carbocycles. The highest BCUT2D eigenvalue weighted by atomic mass is 79.9. The first-order valence-corrected chi connectivity index (χ1v) is 7.70. The Kier molecular flexibility index (Phi) is 4.09. The van der Waals surface area contributed by atoms with E-state index in [-0.39, 0.29) is 22.0 Å². The number of carboxylic acids is 1. The molecule has 0 bridgehead atoms. The number of carboxylic acid groups (broad SMARTS) is 1. The molecule has 0 aliphatic carbocycles. The van der Waals surface area contributed by atoms with Crippen LogP contribution >= 0.6 is 15.9 Å². The summed E-state index contributed by atoms with van der Waals surface area (Å²) in [5.41, 5.74) is 5.32. The predicted molar refractivity (Wildman–Crippen MR) is 78.4 cm³/mol. The van der Waals surface area contributed by atoms with Gasteiger partial charge in [0.2, 0.25) is 0 Å². The molecule has 0 aliphatic heterocycles. The summed E-state index contributed by atoms with van der Waals surface area (Å²) in [5.74, 6) is -1.18. The van der Waals surface area contributed by atoms with Gasteiger partial charge in [0, 0.05) is 0 Å². The Bertz CT molecular complexity index is 792. The van der Waals surface area contributed by atoms with Crippen LogP contribution in [0.5, 0.6) is 0 Å². The van der Waals surface area contributed by atoms with Gasteiger partial charge in [0.05, 0.1) is 23.6 Å². The van der Waals surface area contributed by atoms with Gasteiger partial charge in [-0.05, 0) is 34.1 Å². The number of benzene rings is 1. The zero-order valence-electron chi connectivity index (χ0n) is 10.3. The average molecular weight is 373 g/mol. The fourth-order valence-electron chi connectivity index (χ4n) is 1.48. The second-order valence-corrected chi connectivity index (χ2v) is 6.35. The molecule has 0 radical (unpaired) electrons. The van der Waals surface area contributed by atoms with Crippen molar-refractivity contribution in [3.8, 4) is 0 Å². The molecule has 0 unspecified atom stereocenters. The van der Waals surface area contributed by atoms with E-state index >= 15 is 0 Å². The maximum absolute atomic E-state index is 12.2. The summed E-state index contributed by atoms with van der Waals surface area (Å²) < 4.78 is 27.0. The molecule has 2 aromatic rings. The van der Waals surface area contributed by atoms with Crippen molar-refractivity contribution in [3.05, 3.63) is 40.8 Å². The molecule has 10 heteroatoms. The number of aromatic nitrogens is 2. The molecule has 4 N–H and O–H groups in total. The van der Waals surface area contributed by atoms with Crippen LogP contribution < -0.4 is 10.5 Å². The largest absolute Gasteiger partial charge is 0.478 e. The molecular formula is C11H9BrN4O4S. The molecule has 1 aromatic carbocycles. The molecule has 21 heavy (non-hydrogen) atoms. The van der Waals surface area contributed by atoms with E-state index in [0.717, 1.165) is 18.2 Å². The Morgan fingerprint density at radius 1 is 1.29 bits per heavy atom. The lowest BCUT2D eigenvalue weighted by Gasteiger charge is -2.09. The van der Waals surface area contributed by atoms with Gasteiger partial charge in [0.15, 0.2) is 5.82 Å². The van der Waals surface area contributed by atoms with Crippen molar-refractivity contribution >= 4 is 43.4 Å². The summed E-state index contributed by atoms with van der Waals surface area (Å²) in [6, 6.07) is 3.35. The van der Waals surface area contributed by atoms with Gasteiger partial charge in [-0.25, -0.2) is 23.2 Å². The van der Waals surface area contributed by atoms with E-state index in [1.807, 2.05) is 0 Å². The highest BCUT2D eigenvalue weighted by Crippen LogP contribution is 2.22. The topological polar surface area (TPSA) is 135 Å². The Morgan fingerprint density at radius 2 is 2.00 bits per heavy atom. The third-order valence-electron chi connectivity index (χ3n) is 2.41. The van der Waals surface area contributed by atoms with Crippen molar-refractivity contribution in [2.24, 2.45) is 0 Å². The number of nitrogens with zero attached hydrogens (tertiary/aromatic N) is 2. The van der Waals surface area contributed by atoms with E-state index in [2.05, 4.69) is 30.6 Å². The number of nitrogen functional groups attached to an aromatic ring is 1. The number of nitrogens with two attached hydrogens (primary N) is 1. The summed E-state index contributed by atoms with van der Waals surface area (Å²) in [6.07, 6.45) is 2.55. The monoisotopic (exact) mass is 372 g/mol. The number of halogens is 1. The maximum Gasteiger partial charge on any atom is 0.335 e.